The second-order valence-electron chi connectivity index (χ2n) is 7.06. The number of nitrogens with one attached hydrogen (secondary N) is 1. The van der Waals surface area contributed by atoms with Gasteiger partial charge in [-0.25, -0.2) is 0 Å². The summed E-state index contributed by atoms with van der Waals surface area (Å²) in [5, 5.41) is 3.95. The minimum absolute atomic E-state index is 0.146. The molecule has 3 aromatic rings. The molecule has 0 bridgehead atoms. The van der Waals surface area contributed by atoms with Crippen molar-refractivity contribution in [2.24, 2.45) is 5.92 Å². The van der Waals surface area contributed by atoms with Crippen LogP contribution in [-0.4, -0.2) is 30.6 Å². The third-order valence-electron chi connectivity index (χ3n) is 5.19. The Morgan fingerprint density at radius 1 is 1.04 bits per heavy atom. The Morgan fingerprint density at radius 2 is 1.77 bits per heavy atom. The Kier molecular flexibility index (Phi) is 5.02. The largest absolute Gasteiger partial charge is 0.451 e. The molecule has 0 saturated carbocycles. The summed E-state index contributed by atoms with van der Waals surface area (Å²) in [6.45, 7) is 2.63. The van der Waals surface area contributed by atoms with Crippen molar-refractivity contribution >= 4 is 16.9 Å². The Hall–Kier alpha value is -2.59. The zero-order chi connectivity index (χ0) is 17.8. The van der Waals surface area contributed by atoms with E-state index in [1.807, 2.05) is 24.3 Å². The lowest BCUT2D eigenvalue weighted by atomic mass is 9.90. The van der Waals surface area contributed by atoms with E-state index in [4.69, 9.17) is 4.42 Å². The van der Waals surface area contributed by atoms with Crippen molar-refractivity contribution in [2.45, 2.75) is 19.3 Å². The van der Waals surface area contributed by atoms with Crippen LogP contribution in [0.1, 0.15) is 29.0 Å². The van der Waals surface area contributed by atoms with Crippen molar-refractivity contribution in [3.63, 3.8) is 0 Å². The van der Waals surface area contributed by atoms with Crippen LogP contribution in [0.3, 0.4) is 0 Å². The third kappa shape index (κ3) is 3.97. The van der Waals surface area contributed by atoms with E-state index in [-0.39, 0.29) is 5.91 Å². The fourth-order valence-electron chi connectivity index (χ4n) is 3.66. The molecular weight excluding hydrogens is 324 g/mol. The van der Waals surface area contributed by atoms with Crippen LogP contribution in [0.15, 0.2) is 65.1 Å². The molecule has 0 spiro atoms. The Bertz CT molecular complexity index is 831. The zero-order valence-corrected chi connectivity index (χ0v) is 14.9. The van der Waals surface area contributed by atoms with Gasteiger partial charge in [0.2, 0.25) is 0 Å². The first-order chi connectivity index (χ1) is 12.8. The Balaban J connectivity index is 1.25. The highest BCUT2D eigenvalue weighted by Gasteiger charge is 2.20. The van der Waals surface area contributed by atoms with Crippen molar-refractivity contribution in [1.82, 2.24) is 10.2 Å². The van der Waals surface area contributed by atoms with E-state index < -0.39 is 0 Å². The number of piperidine rings is 1. The van der Waals surface area contributed by atoms with E-state index >= 15 is 0 Å². The van der Waals surface area contributed by atoms with Crippen LogP contribution in [0, 0.1) is 5.92 Å². The van der Waals surface area contributed by atoms with Gasteiger partial charge in [-0.15, -0.1) is 0 Å². The van der Waals surface area contributed by atoms with E-state index in [1.54, 1.807) is 6.07 Å². The van der Waals surface area contributed by atoms with Crippen molar-refractivity contribution in [3.05, 3.63) is 72.0 Å². The van der Waals surface area contributed by atoms with Crippen LogP contribution in [0.4, 0.5) is 0 Å². The lowest BCUT2D eigenvalue weighted by Crippen LogP contribution is -2.42. The molecule has 0 radical (unpaired) electrons. The monoisotopic (exact) mass is 348 g/mol. The molecule has 1 aliphatic heterocycles. The molecule has 26 heavy (non-hydrogen) atoms. The number of benzene rings is 2. The SMILES string of the molecule is O=C(NCN1CCC(Cc2ccccc2)CC1)c1cc2ccccc2o1. The van der Waals surface area contributed by atoms with Gasteiger partial charge in [0.15, 0.2) is 5.76 Å². The van der Waals surface area contributed by atoms with Gasteiger partial charge in [0, 0.05) is 18.5 Å². The number of likely N-dealkylation sites (tertiary alicyclic amines) is 1. The lowest BCUT2D eigenvalue weighted by molar-refractivity contribution is 0.0877. The van der Waals surface area contributed by atoms with Gasteiger partial charge in [0.1, 0.15) is 5.58 Å². The first kappa shape index (κ1) is 16.9. The van der Waals surface area contributed by atoms with Crippen LogP contribution in [0.2, 0.25) is 0 Å². The van der Waals surface area contributed by atoms with Gasteiger partial charge >= 0.3 is 0 Å². The van der Waals surface area contributed by atoms with Crippen LogP contribution < -0.4 is 5.32 Å². The van der Waals surface area contributed by atoms with Crippen molar-refractivity contribution < 1.29 is 9.21 Å². The normalized spacial score (nSPS) is 16.0. The minimum Gasteiger partial charge on any atom is -0.451 e. The Morgan fingerprint density at radius 3 is 2.54 bits per heavy atom. The summed E-state index contributed by atoms with van der Waals surface area (Å²) < 4.78 is 5.62. The topological polar surface area (TPSA) is 45.5 Å². The maximum atomic E-state index is 12.3. The molecule has 1 amide bonds. The van der Waals surface area contributed by atoms with Crippen molar-refractivity contribution in [2.75, 3.05) is 19.8 Å². The quantitative estimate of drug-likeness (QED) is 0.756. The maximum absolute atomic E-state index is 12.3. The molecule has 1 saturated heterocycles. The molecule has 4 nitrogen and oxygen atoms in total. The molecule has 2 aromatic carbocycles. The molecule has 0 aliphatic carbocycles. The number of nitrogens with zero attached hydrogens (tertiary/aromatic N) is 1. The molecular formula is C22H24N2O2. The van der Waals surface area contributed by atoms with E-state index in [0.29, 0.717) is 12.4 Å². The number of rotatable bonds is 5. The second kappa shape index (κ2) is 7.75. The van der Waals surface area contributed by atoms with Crippen LogP contribution in [0.5, 0.6) is 0 Å². The highest BCUT2D eigenvalue weighted by atomic mass is 16.3. The molecule has 0 unspecified atom stereocenters. The van der Waals surface area contributed by atoms with E-state index in [9.17, 15) is 4.79 Å². The van der Waals surface area contributed by atoms with Gasteiger partial charge in [0.25, 0.3) is 5.91 Å². The van der Waals surface area contributed by atoms with Crippen LogP contribution in [0.25, 0.3) is 11.0 Å². The van der Waals surface area contributed by atoms with Gasteiger partial charge in [-0.2, -0.15) is 0 Å². The Labute approximate surface area is 153 Å². The summed E-state index contributed by atoms with van der Waals surface area (Å²) >= 11 is 0. The average molecular weight is 348 g/mol. The molecule has 1 aromatic heterocycles. The van der Waals surface area contributed by atoms with E-state index in [2.05, 4.69) is 40.5 Å². The molecule has 1 N–H and O–H groups in total. The van der Waals surface area contributed by atoms with Gasteiger partial charge in [0.05, 0.1) is 6.67 Å². The predicted molar refractivity (Wildman–Crippen MR) is 103 cm³/mol. The molecule has 1 aliphatic rings. The van der Waals surface area contributed by atoms with Gasteiger partial charge in [-0.05, 0) is 42.9 Å². The molecule has 1 fully saturated rings. The number of hydrogen-bond acceptors (Lipinski definition) is 3. The number of carbonyl (C=O) groups is 1. The predicted octanol–water partition coefficient (Wildman–Crippen LogP) is 4.07. The van der Waals surface area contributed by atoms with Crippen molar-refractivity contribution in [3.8, 4) is 0 Å². The van der Waals surface area contributed by atoms with Crippen LogP contribution in [-0.2, 0) is 6.42 Å². The first-order valence-corrected chi connectivity index (χ1v) is 9.31. The summed E-state index contributed by atoms with van der Waals surface area (Å²) in [6.07, 6.45) is 3.50. The number of hydrogen-bond donors (Lipinski definition) is 1. The summed E-state index contributed by atoms with van der Waals surface area (Å²) in [5.41, 5.74) is 2.17. The van der Waals surface area contributed by atoms with E-state index in [0.717, 1.165) is 36.4 Å². The van der Waals surface area contributed by atoms with Gasteiger partial charge < -0.3 is 9.73 Å². The maximum Gasteiger partial charge on any atom is 0.288 e. The number of carbonyl (C=O) groups excluding carboxylic acids is 1. The first-order valence-electron chi connectivity index (χ1n) is 9.31. The third-order valence-corrected chi connectivity index (χ3v) is 5.19. The number of furan rings is 1. The summed E-state index contributed by atoms with van der Waals surface area (Å²) in [6, 6.07) is 20.2. The highest BCUT2D eigenvalue weighted by molar-refractivity contribution is 5.95. The standard InChI is InChI=1S/C22H24N2O2/c25-22(21-15-19-8-4-5-9-20(19)26-21)23-16-24-12-10-18(11-13-24)14-17-6-2-1-3-7-17/h1-9,15,18H,10-14,16H2,(H,23,25). The number of amides is 1. The summed E-state index contributed by atoms with van der Waals surface area (Å²) in [4.78, 5) is 14.6. The fraction of sp³-hybridized carbons (Fsp3) is 0.318. The summed E-state index contributed by atoms with van der Waals surface area (Å²) in [7, 11) is 0. The zero-order valence-electron chi connectivity index (χ0n) is 14.9. The van der Waals surface area contributed by atoms with Crippen molar-refractivity contribution in [1.29, 1.82) is 0 Å². The minimum atomic E-state index is -0.146. The second-order valence-corrected chi connectivity index (χ2v) is 7.06. The summed E-state index contributed by atoms with van der Waals surface area (Å²) in [5.74, 6) is 0.970. The van der Waals surface area contributed by atoms with E-state index in [1.165, 1.54) is 18.4 Å². The lowest BCUT2D eigenvalue weighted by Gasteiger charge is -2.31. The molecule has 0 atom stereocenters. The molecule has 4 heteroatoms. The number of fused-ring (bicyclic) bond motifs is 1. The van der Waals surface area contributed by atoms with Crippen LogP contribution >= 0.6 is 0 Å². The van der Waals surface area contributed by atoms with Gasteiger partial charge in [-0.1, -0.05) is 48.5 Å². The smallest absolute Gasteiger partial charge is 0.288 e. The molecule has 2 heterocycles. The number of para-hydroxylation sites is 1. The molecule has 134 valence electrons. The average Bonchev–Trinajstić information content (AvgIpc) is 3.12. The van der Waals surface area contributed by atoms with Gasteiger partial charge in [-0.3, -0.25) is 9.69 Å². The fourth-order valence-corrected chi connectivity index (χ4v) is 3.66. The molecule has 4 rings (SSSR count). The highest BCUT2D eigenvalue weighted by Crippen LogP contribution is 2.22.